The maximum absolute atomic E-state index is 13.7. The van der Waals surface area contributed by atoms with E-state index in [1.807, 2.05) is 14.0 Å². The minimum Gasteiger partial charge on any atom is -0.504 e. The van der Waals surface area contributed by atoms with E-state index in [2.05, 4.69) is 21.2 Å². The number of ether oxygens (including phenoxy) is 2. The third kappa shape index (κ3) is 3.77. The number of rotatable bonds is 5. The van der Waals surface area contributed by atoms with Crippen LogP contribution in [-0.4, -0.2) is 90.9 Å². The zero-order valence-corrected chi connectivity index (χ0v) is 22.8. The Labute approximate surface area is 222 Å². The number of ketones is 2. The summed E-state index contributed by atoms with van der Waals surface area (Å²) in [7, 11) is 4.98. The number of carbonyl (C=O) groups excluding carboxylic acids is 3. The summed E-state index contributed by atoms with van der Waals surface area (Å²) >= 11 is 0. The average Bonchev–Trinajstić information content (AvgIpc) is 2.86. The number of hydrogen-bond acceptors (Lipinski definition) is 9. The lowest BCUT2D eigenvalue weighted by atomic mass is 9.71. The van der Waals surface area contributed by atoms with Gasteiger partial charge in [-0.1, -0.05) is 6.07 Å². The van der Waals surface area contributed by atoms with Crippen LogP contribution in [0.1, 0.15) is 43.0 Å². The van der Waals surface area contributed by atoms with Crippen molar-refractivity contribution in [3.8, 4) is 11.5 Å². The normalized spacial score (nSPS) is 28.0. The molecule has 2 bridgehead atoms. The Morgan fingerprint density at radius 3 is 2.55 bits per heavy atom. The lowest BCUT2D eigenvalue weighted by molar-refractivity contribution is -0.124. The molecule has 1 aromatic carbocycles. The molecule has 0 spiro atoms. The van der Waals surface area contributed by atoms with E-state index in [9.17, 15) is 19.5 Å². The van der Waals surface area contributed by atoms with Gasteiger partial charge in [0.15, 0.2) is 23.0 Å². The van der Waals surface area contributed by atoms with Crippen LogP contribution in [0.5, 0.6) is 11.5 Å². The molecule has 1 aliphatic carbocycles. The van der Waals surface area contributed by atoms with Crippen LogP contribution in [0.4, 0.5) is 0 Å². The highest BCUT2D eigenvalue weighted by molar-refractivity contribution is 6.25. The molecular weight excluding hydrogens is 488 g/mol. The number of hydrogen-bond donors (Lipinski definition) is 3. The first-order valence-corrected chi connectivity index (χ1v) is 13.0. The number of amides is 1. The van der Waals surface area contributed by atoms with Crippen LogP contribution in [0.2, 0.25) is 0 Å². The van der Waals surface area contributed by atoms with Gasteiger partial charge in [-0.25, -0.2) is 0 Å². The van der Waals surface area contributed by atoms with Gasteiger partial charge >= 0.3 is 0 Å². The highest BCUT2D eigenvalue weighted by Gasteiger charge is 2.54. The molecule has 4 aliphatic rings. The Bertz CT molecular complexity index is 1300. The van der Waals surface area contributed by atoms with Gasteiger partial charge in [0, 0.05) is 47.5 Å². The highest BCUT2D eigenvalue weighted by Crippen LogP contribution is 2.52. The number of phenols is 1. The van der Waals surface area contributed by atoms with Gasteiger partial charge in [0.05, 0.1) is 32.3 Å². The topological polar surface area (TPSA) is 134 Å². The molecule has 10 heteroatoms. The van der Waals surface area contributed by atoms with Crippen LogP contribution in [-0.2, 0) is 25.5 Å². The number of nitrogens with two attached hydrogens (primary N) is 1. The summed E-state index contributed by atoms with van der Waals surface area (Å²) in [6.07, 6.45) is 1.05. The number of allylic oxidation sites excluding steroid dienone is 2. The first kappa shape index (κ1) is 26.4. The molecule has 1 saturated heterocycles. The molecule has 4 unspecified atom stereocenters. The molecule has 1 fully saturated rings. The lowest BCUT2D eigenvalue weighted by Crippen LogP contribution is -2.67. The lowest BCUT2D eigenvalue weighted by Gasteiger charge is -2.58. The monoisotopic (exact) mass is 524 g/mol. The second-order valence-electron chi connectivity index (χ2n) is 10.8. The largest absolute Gasteiger partial charge is 0.504 e. The number of methoxy groups -OCH3 is 2. The van der Waals surface area contributed by atoms with Gasteiger partial charge in [0.25, 0.3) is 0 Å². The number of nitrogens with one attached hydrogen (secondary N) is 1. The van der Waals surface area contributed by atoms with Crippen LogP contribution in [0, 0.1) is 6.92 Å². The molecule has 4 N–H and O–H groups in total. The van der Waals surface area contributed by atoms with Crippen molar-refractivity contribution in [3.05, 3.63) is 45.2 Å². The molecule has 0 saturated carbocycles. The summed E-state index contributed by atoms with van der Waals surface area (Å²) in [5.41, 5.74) is 9.65. The van der Waals surface area contributed by atoms with Crippen molar-refractivity contribution in [1.82, 2.24) is 15.1 Å². The van der Waals surface area contributed by atoms with Crippen molar-refractivity contribution < 1.29 is 29.0 Å². The van der Waals surface area contributed by atoms with Crippen molar-refractivity contribution in [2.24, 2.45) is 5.73 Å². The quantitative estimate of drug-likeness (QED) is 0.480. The maximum Gasteiger partial charge on any atom is 0.236 e. The standard InChI is InChI=1S/C28H36N4O6/c1-12-7-15-8-16-11-32-18(22(31(16)4)20(15)24(34)26(12)37-5)9-17-21(19(32)10-30-28(36)14(3)29)25(35)27(38-6)13(2)23(17)33/h7,14,16,18-19,22,34H,8-11,29H2,1-6H3,(H,30,36)/t14?,16?,18?,19?,22-/m0/s1. The molecule has 3 heterocycles. The molecule has 0 radical (unpaired) electrons. The van der Waals surface area contributed by atoms with E-state index in [-0.39, 0.29) is 59.2 Å². The van der Waals surface area contributed by atoms with Crippen LogP contribution < -0.4 is 15.8 Å². The highest BCUT2D eigenvalue weighted by atomic mass is 16.5. The average molecular weight is 525 g/mol. The summed E-state index contributed by atoms with van der Waals surface area (Å²) in [4.78, 5) is 44.2. The number of aromatic hydroxyl groups is 1. The maximum atomic E-state index is 13.7. The van der Waals surface area contributed by atoms with E-state index in [1.54, 1.807) is 21.0 Å². The number of nitrogens with zero attached hydrogens (tertiary/aromatic N) is 2. The van der Waals surface area contributed by atoms with Gasteiger partial charge in [-0.3, -0.25) is 24.2 Å². The van der Waals surface area contributed by atoms with Crippen LogP contribution in [0.3, 0.4) is 0 Å². The first-order valence-electron chi connectivity index (χ1n) is 13.0. The molecule has 204 valence electrons. The van der Waals surface area contributed by atoms with E-state index in [1.165, 1.54) is 7.11 Å². The SMILES string of the molecule is COC1=C(C)C(=O)C2=C(C1=O)C(CNC(=O)C(C)N)N1CC3Cc4cc(C)c(OC)c(O)c4[C@H](C1C2)N3C. The van der Waals surface area contributed by atoms with Gasteiger partial charge in [0.1, 0.15) is 0 Å². The molecule has 10 nitrogen and oxygen atoms in total. The minimum absolute atomic E-state index is 0.0493. The zero-order chi connectivity index (χ0) is 27.6. The van der Waals surface area contributed by atoms with E-state index in [4.69, 9.17) is 15.2 Å². The van der Waals surface area contributed by atoms with Crippen LogP contribution in [0.15, 0.2) is 28.5 Å². The first-order chi connectivity index (χ1) is 18.0. The fraction of sp³-hybridized carbons (Fsp3) is 0.536. The molecule has 5 atom stereocenters. The number of Topliss-reactive ketones (excluding diaryl/α,β-unsaturated/α-hetero) is 2. The number of fused-ring (bicyclic) bond motifs is 6. The van der Waals surface area contributed by atoms with Gasteiger partial charge in [-0.2, -0.15) is 0 Å². The number of aryl methyl sites for hydroxylation is 1. The summed E-state index contributed by atoms with van der Waals surface area (Å²) in [6.45, 7) is 5.89. The summed E-state index contributed by atoms with van der Waals surface area (Å²) < 4.78 is 10.9. The van der Waals surface area contributed by atoms with E-state index in [0.29, 0.717) is 36.3 Å². The second kappa shape index (κ2) is 9.52. The molecular formula is C28H36N4O6. The third-order valence-corrected chi connectivity index (χ3v) is 8.71. The molecule has 5 rings (SSSR count). The second-order valence-corrected chi connectivity index (χ2v) is 10.8. The number of benzene rings is 1. The number of carbonyl (C=O) groups is 3. The Hall–Kier alpha value is -3.21. The summed E-state index contributed by atoms with van der Waals surface area (Å²) in [5.74, 6) is -0.260. The van der Waals surface area contributed by atoms with Crippen molar-refractivity contribution in [2.75, 3.05) is 34.4 Å². The zero-order valence-electron chi connectivity index (χ0n) is 22.8. The van der Waals surface area contributed by atoms with E-state index >= 15 is 0 Å². The van der Waals surface area contributed by atoms with Crippen molar-refractivity contribution >= 4 is 17.5 Å². The smallest absolute Gasteiger partial charge is 0.236 e. The summed E-state index contributed by atoms with van der Waals surface area (Å²) in [5, 5.41) is 14.3. The molecule has 1 aromatic rings. The van der Waals surface area contributed by atoms with E-state index in [0.717, 1.165) is 16.7 Å². The van der Waals surface area contributed by atoms with Gasteiger partial charge in [-0.05, 0) is 51.8 Å². The van der Waals surface area contributed by atoms with Crippen molar-refractivity contribution in [2.45, 2.75) is 63.8 Å². The van der Waals surface area contributed by atoms with E-state index < -0.39 is 12.1 Å². The molecule has 38 heavy (non-hydrogen) atoms. The molecule has 1 amide bonds. The predicted molar refractivity (Wildman–Crippen MR) is 140 cm³/mol. The Balaban J connectivity index is 1.65. The Kier molecular flexibility index (Phi) is 6.61. The van der Waals surface area contributed by atoms with Gasteiger partial charge < -0.3 is 25.6 Å². The van der Waals surface area contributed by atoms with Crippen molar-refractivity contribution in [3.63, 3.8) is 0 Å². The van der Waals surface area contributed by atoms with Gasteiger partial charge in [0.2, 0.25) is 11.7 Å². The van der Waals surface area contributed by atoms with Gasteiger partial charge in [-0.15, -0.1) is 0 Å². The van der Waals surface area contributed by atoms with Crippen molar-refractivity contribution in [1.29, 1.82) is 0 Å². The molecule has 0 aromatic heterocycles. The van der Waals surface area contributed by atoms with Crippen LogP contribution in [0.25, 0.3) is 0 Å². The Morgan fingerprint density at radius 2 is 1.92 bits per heavy atom. The number of piperazine rings is 1. The third-order valence-electron chi connectivity index (χ3n) is 8.71. The fourth-order valence-corrected chi connectivity index (χ4v) is 6.89. The fourth-order valence-electron chi connectivity index (χ4n) is 6.89. The number of likely N-dealkylation sites (N-methyl/N-ethyl adjacent to an activating group) is 1. The van der Waals surface area contributed by atoms with Crippen LogP contribution >= 0.6 is 0 Å². The predicted octanol–water partition coefficient (Wildman–Crippen LogP) is 0.896. The Morgan fingerprint density at radius 1 is 1.21 bits per heavy atom. The minimum atomic E-state index is -0.713. The molecule has 3 aliphatic heterocycles. The summed E-state index contributed by atoms with van der Waals surface area (Å²) in [6, 6.07) is 0.461. The number of phenolic OH excluding ortho intramolecular Hbond substituents is 1.